The highest BCUT2D eigenvalue weighted by Crippen LogP contribution is 2.33. The van der Waals surface area contributed by atoms with Crippen LogP contribution in [0, 0.1) is 0 Å². The Kier molecular flexibility index (Phi) is 6.06. The van der Waals surface area contributed by atoms with Gasteiger partial charge in [0.05, 0.1) is 12.0 Å². The third kappa shape index (κ3) is 4.41. The second-order valence-electron chi connectivity index (χ2n) is 5.12. The predicted octanol–water partition coefficient (Wildman–Crippen LogP) is 2.62. The van der Waals surface area contributed by atoms with Crippen LogP contribution in [0.3, 0.4) is 0 Å². The summed E-state index contributed by atoms with van der Waals surface area (Å²) in [6.45, 7) is 3.91. The molecule has 0 aliphatic rings. The van der Waals surface area contributed by atoms with Crippen molar-refractivity contribution < 1.29 is 28.5 Å². The topological polar surface area (TPSA) is 95.2 Å². The van der Waals surface area contributed by atoms with Crippen molar-refractivity contribution in [2.45, 2.75) is 26.7 Å². The van der Waals surface area contributed by atoms with Crippen LogP contribution in [-0.2, 0) is 9.53 Å². The number of ether oxygens (including phenoxy) is 3. The molecule has 1 heterocycles. The number of benzene rings is 1. The maximum atomic E-state index is 11.9. The van der Waals surface area contributed by atoms with Gasteiger partial charge in [-0.3, -0.25) is 4.79 Å². The van der Waals surface area contributed by atoms with E-state index in [4.69, 9.17) is 18.6 Å². The van der Waals surface area contributed by atoms with Gasteiger partial charge in [-0.1, -0.05) is 13.3 Å². The smallest absolute Gasteiger partial charge is 0.383 e. The zero-order valence-corrected chi connectivity index (χ0v) is 13.7. The van der Waals surface area contributed by atoms with Gasteiger partial charge in [0.15, 0.2) is 5.75 Å². The first kappa shape index (κ1) is 17.7. The summed E-state index contributed by atoms with van der Waals surface area (Å²) in [7, 11) is 0. The molecule has 2 aromatic rings. The summed E-state index contributed by atoms with van der Waals surface area (Å²) in [5, 5.41) is 10.6. The number of aromatic hydroxyl groups is 1. The molecule has 0 unspecified atom stereocenters. The predicted molar refractivity (Wildman–Crippen MR) is 86.7 cm³/mol. The van der Waals surface area contributed by atoms with E-state index < -0.39 is 5.63 Å². The molecule has 0 aliphatic carbocycles. The molecule has 1 aromatic heterocycles. The Hall–Kier alpha value is -2.70. The minimum absolute atomic E-state index is 0.120. The summed E-state index contributed by atoms with van der Waals surface area (Å²) in [5.41, 5.74) is -0.493. The summed E-state index contributed by atoms with van der Waals surface area (Å²) >= 11 is 0. The molecular formula is C17H20O7. The Morgan fingerprint density at radius 3 is 2.71 bits per heavy atom. The van der Waals surface area contributed by atoms with Crippen molar-refractivity contribution in [2.75, 3.05) is 19.8 Å². The second kappa shape index (κ2) is 8.24. The lowest BCUT2D eigenvalue weighted by Gasteiger charge is -2.10. The highest BCUT2D eigenvalue weighted by Gasteiger charge is 2.16. The minimum Gasteiger partial charge on any atom is -0.504 e. The van der Waals surface area contributed by atoms with Crippen LogP contribution in [0.4, 0.5) is 0 Å². The summed E-state index contributed by atoms with van der Waals surface area (Å²) in [6.07, 6.45) is 1.66. The Morgan fingerprint density at radius 1 is 1.21 bits per heavy atom. The molecule has 130 valence electrons. The quantitative estimate of drug-likeness (QED) is 0.450. The average Bonchev–Trinajstić information content (AvgIpc) is 2.55. The Bertz CT molecular complexity index is 763. The number of carbonyl (C=O) groups excluding carboxylic acids is 1. The van der Waals surface area contributed by atoms with Crippen molar-refractivity contribution in [1.82, 2.24) is 0 Å². The van der Waals surface area contributed by atoms with Gasteiger partial charge in [-0.2, -0.15) is 0 Å². The SMILES string of the molecule is CCCCOc1c(O)c2cc(OCCOC(C)=O)ccc2oc1=O. The molecule has 0 saturated heterocycles. The second-order valence-corrected chi connectivity index (χ2v) is 5.12. The fourth-order valence-corrected chi connectivity index (χ4v) is 2.03. The molecule has 0 bridgehead atoms. The van der Waals surface area contributed by atoms with Gasteiger partial charge in [-0.15, -0.1) is 0 Å². The Labute approximate surface area is 138 Å². The van der Waals surface area contributed by atoms with Crippen LogP contribution >= 0.6 is 0 Å². The number of unbranched alkanes of at least 4 members (excludes halogenated alkanes) is 1. The largest absolute Gasteiger partial charge is 0.504 e. The summed E-state index contributed by atoms with van der Waals surface area (Å²) in [4.78, 5) is 22.6. The Balaban J connectivity index is 2.20. The van der Waals surface area contributed by atoms with Gasteiger partial charge < -0.3 is 23.7 Å². The van der Waals surface area contributed by atoms with E-state index in [1.165, 1.54) is 19.1 Å². The lowest BCUT2D eigenvalue weighted by atomic mass is 10.2. The number of esters is 1. The van der Waals surface area contributed by atoms with E-state index in [1.54, 1.807) is 6.07 Å². The molecular weight excluding hydrogens is 316 g/mol. The van der Waals surface area contributed by atoms with Crippen LogP contribution in [-0.4, -0.2) is 30.9 Å². The number of fused-ring (bicyclic) bond motifs is 1. The fraction of sp³-hybridized carbons (Fsp3) is 0.412. The van der Waals surface area contributed by atoms with E-state index in [0.717, 1.165) is 12.8 Å². The molecule has 0 amide bonds. The van der Waals surface area contributed by atoms with Crippen LogP contribution in [0.2, 0.25) is 0 Å². The number of rotatable bonds is 8. The van der Waals surface area contributed by atoms with Gasteiger partial charge in [-0.25, -0.2) is 4.79 Å². The Morgan fingerprint density at radius 2 is 2.00 bits per heavy atom. The van der Waals surface area contributed by atoms with Gasteiger partial charge >= 0.3 is 11.6 Å². The van der Waals surface area contributed by atoms with Gasteiger partial charge in [-0.05, 0) is 24.6 Å². The van der Waals surface area contributed by atoms with E-state index in [9.17, 15) is 14.7 Å². The maximum absolute atomic E-state index is 11.9. The van der Waals surface area contributed by atoms with E-state index in [-0.39, 0.29) is 36.3 Å². The third-order valence-corrected chi connectivity index (χ3v) is 3.21. The van der Waals surface area contributed by atoms with Crippen molar-refractivity contribution in [3.63, 3.8) is 0 Å². The monoisotopic (exact) mass is 336 g/mol. The average molecular weight is 336 g/mol. The highest BCUT2D eigenvalue weighted by atomic mass is 16.6. The summed E-state index contributed by atoms with van der Waals surface area (Å²) in [6, 6.07) is 4.65. The standard InChI is InChI=1S/C17H20O7/c1-3-4-7-23-16-15(19)13-10-12(22-9-8-21-11(2)18)5-6-14(13)24-17(16)20/h5-6,10,19H,3-4,7-9H2,1-2H3. The van der Waals surface area contributed by atoms with E-state index in [2.05, 4.69) is 0 Å². The van der Waals surface area contributed by atoms with Crippen molar-refractivity contribution in [3.05, 3.63) is 28.6 Å². The van der Waals surface area contributed by atoms with Crippen LogP contribution in [0.1, 0.15) is 26.7 Å². The molecule has 1 N–H and O–H groups in total. The molecule has 24 heavy (non-hydrogen) atoms. The van der Waals surface area contributed by atoms with E-state index in [0.29, 0.717) is 17.7 Å². The summed E-state index contributed by atoms with van der Waals surface area (Å²) in [5.74, 6) is -0.417. The molecule has 7 heteroatoms. The lowest BCUT2D eigenvalue weighted by molar-refractivity contribution is -0.141. The molecule has 0 saturated carbocycles. The third-order valence-electron chi connectivity index (χ3n) is 3.21. The van der Waals surface area contributed by atoms with Crippen LogP contribution in [0.25, 0.3) is 11.0 Å². The zero-order valence-electron chi connectivity index (χ0n) is 13.7. The number of hydrogen-bond acceptors (Lipinski definition) is 7. The van der Waals surface area contributed by atoms with E-state index in [1.807, 2.05) is 6.92 Å². The fourth-order valence-electron chi connectivity index (χ4n) is 2.03. The molecule has 2 rings (SSSR count). The first-order valence-corrected chi connectivity index (χ1v) is 7.71. The molecule has 1 aromatic carbocycles. The number of carbonyl (C=O) groups is 1. The summed E-state index contributed by atoms with van der Waals surface area (Å²) < 4.78 is 20.7. The van der Waals surface area contributed by atoms with Gasteiger partial charge in [0.2, 0.25) is 5.75 Å². The maximum Gasteiger partial charge on any atom is 0.383 e. The van der Waals surface area contributed by atoms with Crippen LogP contribution in [0.5, 0.6) is 17.2 Å². The molecule has 0 radical (unpaired) electrons. The molecule has 0 spiro atoms. The van der Waals surface area contributed by atoms with Gasteiger partial charge in [0, 0.05) is 6.92 Å². The van der Waals surface area contributed by atoms with Crippen LogP contribution in [0.15, 0.2) is 27.4 Å². The highest BCUT2D eigenvalue weighted by molar-refractivity contribution is 5.86. The van der Waals surface area contributed by atoms with E-state index >= 15 is 0 Å². The lowest BCUT2D eigenvalue weighted by Crippen LogP contribution is -2.10. The van der Waals surface area contributed by atoms with Gasteiger partial charge in [0.1, 0.15) is 24.5 Å². The zero-order chi connectivity index (χ0) is 17.5. The van der Waals surface area contributed by atoms with Crippen molar-refractivity contribution in [3.8, 4) is 17.2 Å². The van der Waals surface area contributed by atoms with Gasteiger partial charge in [0.25, 0.3) is 0 Å². The first-order valence-electron chi connectivity index (χ1n) is 7.71. The molecule has 0 aliphatic heterocycles. The first-order chi connectivity index (χ1) is 11.5. The van der Waals surface area contributed by atoms with Crippen molar-refractivity contribution in [2.24, 2.45) is 0 Å². The molecule has 0 atom stereocenters. The van der Waals surface area contributed by atoms with Crippen molar-refractivity contribution in [1.29, 1.82) is 0 Å². The van der Waals surface area contributed by atoms with Crippen molar-refractivity contribution >= 4 is 16.9 Å². The minimum atomic E-state index is -0.723. The molecule has 0 fully saturated rings. The molecule has 7 nitrogen and oxygen atoms in total. The normalized spacial score (nSPS) is 10.6. The van der Waals surface area contributed by atoms with Crippen LogP contribution < -0.4 is 15.1 Å². The number of hydrogen-bond donors (Lipinski definition) is 1.